The van der Waals surface area contributed by atoms with E-state index in [1.807, 2.05) is 12.1 Å². The maximum absolute atomic E-state index is 10.3. The highest BCUT2D eigenvalue weighted by Gasteiger charge is 2.11. The molecular formula is C18H19NOS. The molecule has 0 fully saturated rings. The molecule has 0 spiro atoms. The van der Waals surface area contributed by atoms with Gasteiger partial charge in [0.25, 0.3) is 0 Å². The first-order valence-electron chi connectivity index (χ1n) is 7.37. The van der Waals surface area contributed by atoms with Gasteiger partial charge in [-0.1, -0.05) is 25.5 Å². The van der Waals surface area contributed by atoms with E-state index >= 15 is 0 Å². The van der Waals surface area contributed by atoms with Gasteiger partial charge in [-0.2, -0.15) is 0 Å². The predicted octanol–water partition coefficient (Wildman–Crippen LogP) is 5.32. The first kappa shape index (κ1) is 14.1. The molecular weight excluding hydrogens is 278 g/mol. The van der Waals surface area contributed by atoms with E-state index in [9.17, 15) is 5.11 Å². The summed E-state index contributed by atoms with van der Waals surface area (Å²) >= 11 is 1.63. The molecule has 3 rings (SSSR count). The fraction of sp³-hybridized carbons (Fsp3) is 0.278. The number of aromatic hydroxyl groups is 1. The zero-order valence-electron chi connectivity index (χ0n) is 12.4. The summed E-state index contributed by atoms with van der Waals surface area (Å²) in [6.45, 7) is 4.25. The molecule has 1 heterocycles. The molecule has 3 heteroatoms. The normalized spacial score (nSPS) is 11.1. The predicted molar refractivity (Wildman–Crippen MR) is 90.1 cm³/mol. The van der Waals surface area contributed by atoms with E-state index in [-0.39, 0.29) is 0 Å². The molecule has 0 atom stereocenters. The number of aryl methyl sites for hydroxylation is 2. The summed E-state index contributed by atoms with van der Waals surface area (Å²) in [5, 5.41) is 11.2. The fourth-order valence-corrected chi connectivity index (χ4v) is 3.43. The molecule has 0 unspecified atom stereocenters. The lowest BCUT2D eigenvalue weighted by Crippen LogP contribution is -1.86. The quantitative estimate of drug-likeness (QED) is 0.707. The lowest BCUT2D eigenvalue weighted by atomic mass is 10.1. The second-order valence-electron chi connectivity index (χ2n) is 5.45. The van der Waals surface area contributed by atoms with Crippen molar-refractivity contribution in [1.29, 1.82) is 0 Å². The molecule has 0 radical (unpaired) electrons. The fourth-order valence-electron chi connectivity index (χ4n) is 2.45. The van der Waals surface area contributed by atoms with E-state index < -0.39 is 0 Å². The number of nitrogens with zero attached hydrogens (tertiary/aromatic N) is 1. The van der Waals surface area contributed by atoms with Crippen molar-refractivity contribution in [1.82, 2.24) is 4.98 Å². The van der Waals surface area contributed by atoms with Crippen LogP contribution in [0, 0.1) is 6.92 Å². The van der Waals surface area contributed by atoms with Crippen LogP contribution in [0.3, 0.4) is 0 Å². The molecule has 21 heavy (non-hydrogen) atoms. The number of benzene rings is 2. The van der Waals surface area contributed by atoms with Gasteiger partial charge in [0, 0.05) is 0 Å². The van der Waals surface area contributed by atoms with Gasteiger partial charge >= 0.3 is 0 Å². The maximum atomic E-state index is 10.3. The third-order valence-corrected chi connectivity index (χ3v) is 4.72. The van der Waals surface area contributed by atoms with Crippen LogP contribution in [0.25, 0.3) is 20.8 Å². The van der Waals surface area contributed by atoms with E-state index in [4.69, 9.17) is 0 Å². The topological polar surface area (TPSA) is 33.1 Å². The van der Waals surface area contributed by atoms with Crippen LogP contribution in [0.4, 0.5) is 0 Å². The van der Waals surface area contributed by atoms with Crippen LogP contribution in [0.5, 0.6) is 5.75 Å². The van der Waals surface area contributed by atoms with Crippen molar-refractivity contribution in [3.63, 3.8) is 0 Å². The van der Waals surface area contributed by atoms with Gasteiger partial charge < -0.3 is 5.11 Å². The summed E-state index contributed by atoms with van der Waals surface area (Å²) in [4.78, 5) is 4.65. The van der Waals surface area contributed by atoms with Crippen molar-refractivity contribution in [3.05, 3.63) is 47.5 Å². The van der Waals surface area contributed by atoms with Gasteiger partial charge in [0.05, 0.1) is 15.8 Å². The van der Waals surface area contributed by atoms with Crippen LogP contribution in [0.15, 0.2) is 36.4 Å². The van der Waals surface area contributed by atoms with Crippen LogP contribution < -0.4 is 0 Å². The van der Waals surface area contributed by atoms with Gasteiger partial charge in [0.1, 0.15) is 10.8 Å². The van der Waals surface area contributed by atoms with E-state index in [0.717, 1.165) is 33.6 Å². The Morgan fingerprint density at radius 3 is 2.76 bits per heavy atom. The first-order valence-corrected chi connectivity index (χ1v) is 8.18. The highest BCUT2D eigenvalue weighted by atomic mass is 32.1. The number of rotatable bonds is 4. The maximum Gasteiger partial charge on any atom is 0.128 e. The Bertz CT molecular complexity index is 776. The second kappa shape index (κ2) is 5.86. The molecule has 0 aliphatic rings. The third kappa shape index (κ3) is 2.93. The Balaban J connectivity index is 1.98. The molecule has 0 bridgehead atoms. The Morgan fingerprint density at radius 1 is 1.14 bits per heavy atom. The second-order valence-corrected chi connectivity index (χ2v) is 6.48. The third-order valence-electron chi connectivity index (χ3n) is 3.65. The number of thiazole rings is 1. The van der Waals surface area contributed by atoms with Crippen LogP contribution in [0.1, 0.15) is 30.9 Å². The average Bonchev–Trinajstić information content (AvgIpc) is 2.87. The van der Waals surface area contributed by atoms with Gasteiger partial charge in [0.15, 0.2) is 0 Å². The van der Waals surface area contributed by atoms with Crippen LogP contribution >= 0.6 is 11.3 Å². The van der Waals surface area contributed by atoms with Crippen molar-refractivity contribution >= 4 is 21.6 Å². The number of hydrogen-bond donors (Lipinski definition) is 1. The van der Waals surface area contributed by atoms with E-state index in [1.165, 1.54) is 17.5 Å². The van der Waals surface area contributed by atoms with Crippen molar-refractivity contribution < 1.29 is 5.11 Å². The Hall–Kier alpha value is -1.87. The molecule has 108 valence electrons. The van der Waals surface area contributed by atoms with E-state index in [0.29, 0.717) is 5.75 Å². The minimum Gasteiger partial charge on any atom is -0.507 e. The molecule has 1 aromatic heterocycles. The molecule has 0 aliphatic carbocycles. The van der Waals surface area contributed by atoms with Crippen molar-refractivity contribution in [3.8, 4) is 16.3 Å². The first-order chi connectivity index (χ1) is 10.2. The molecule has 0 saturated carbocycles. The summed E-state index contributed by atoms with van der Waals surface area (Å²) < 4.78 is 1.16. The SMILES string of the molecule is CCCCc1ccc(-c2nc3cc(C)ccc3s2)c(O)c1. The molecule has 0 aliphatic heterocycles. The van der Waals surface area contributed by atoms with E-state index in [1.54, 1.807) is 11.3 Å². The highest BCUT2D eigenvalue weighted by molar-refractivity contribution is 7.21. The Labute approximate surface area is 129 Å². The highest BCUT2D eigenvalue weighted by Crippen LogP contribution is 2.36. The molecule has 2 aromatic carbocycles. The number of phenols is 1. The number of unbranched alkanes of at least 4 members (excludes halogenated alkanes) is 1. The van der Waals surface area contributed by atoms with Gasteiger partial charge in [0.2, 0.25) is 0 Å². The summed E-state index contributed by atoms with van der Waals surface area (Å²) in [6, 6.07) is 12.2. The number of phenolic OH excluding ortho intramolecular Hbond substituents is 1. The molecule has 3 aromatic rings. The molecule has 1 N–H and O–H groups in total. The number of hydrogen-bond acceptors (Lipinski definition) is 3. The lowest BCUT2D eigenvalue weighted by Gasteiger charge is -2.04. The summed E-state index contributed by atoms with van der Waals surface area (Å²) in [6.07, 6.45) is 3.34. The summed E-state index contributed by atoms with van der Waals surface area (Å²) in [5.74, 6) is 0.333. The molecule has 0 saturated heterocycles. The average molecular weight is 297 g/mol. The lowest BCUT2D eigenvalue weighted by molar-refractivity contribution is 0.476. The van der Waals surface area contributed by atoms with Crippen LogP contribution in [-0.2, 0) is 6.42 Å². The van der Waals surface area contributed by atoms with Crippen LogP contribution in [0.2, 0.25) is 0 Å². The van der Waals surface area contributed by atoms with Crippen molar-refractivity contribution in [2.75, 3.05) is 0 Å². The number of fused-ring (bicyclic) bond motifs is 1. The summed E-state index contributed by atoms with van der Waals surface area (Å²) in [5.41, 5.74) is 4.23. The van der Waals surface area contributed by atoms with Crippen molar-refractivity contribution in [2.45, 2.75) is 33.1 Å². The summed E-state index contributed by atoms with van der Waals surface area (Å²) in [7, 11) is 0. The Kier molecular flexibility index (Phi) is 3.93. The molecule has 0 amide bonds. The zero-order chi connectivity index (χ0) is 14.8. The molecule has 2 nitrogen and oxygen atoms in total. The van der Waals surface area contributed by atoms with Crippen LogP contribution in [-0.4, -0.2) is 10.1 Å². The number of aromatic nitrogens is 1. The largest absolute Gasteiger partial charge is 0.507 e. The minimum atomic E-state index is 0.333. The van der Waals surface area contributed by atoms with Crippen molar-refractivity contribution in [2.24, 2.45) is 0 Å². The minimum absolute atomic E-state index is 0.333. The standard InChI is InChI=1S/C18H19NOS/c1-3-4-5-13-7-8-14(16(20)11-13)18-19-15-10-12(2)6-9-17(15)21-18/h6-11,20H,3-5H2,1-2H3. The van der Waals surface area contributed by atoms with Gasteiger partial charge in [-0.15, -0.1) is 11.3 Å². The smallest absolute Gasteiger partial charge is 0.128 e. The van der Waals surface area contributed by atoms with Gasteiger partial charge in [-0.25, -0.2) is 4.98 Å². The Morgan fingerprint density at radius 2 is 2.00 bits per heavy atom. The van der Waals surface area contributed by atoms with Gasteiger partial charge in [-0.3, -0.25) is 0 Å². The van der Waals surface area contributed by atoms with E-state index in [2.05, 4.69) is 43.1 Å². The van der Waals surface area contributed by atoms with Gasteiger partial charge in [-0.05, 0) is 55.2 Å². The monoisotopic (exact) mass is 297 g/mol. The zero-order valence-corrected chi connectivity index (χ0v) is 13.2.